The fraction of sp³-hybridized carbons (Fsp3) is 0.909. The number of hydrogen-bond acceptors (Lipinski definition) is 3. The van der Waals surface area contributed by atoms with Gasteiger partial charge in [-0.2, -0.15) is 8.78 Å². The molecule has 19 heavy (non-hydrogen) atoms. The number of rotatable bonds is 5. The molecule has 1 unspecified atom stereocenters. The fourth-order valence-corrected chi connectivity index (χ4v) is 2.17. The van der Waals surface area contributed by atoms with Crippen molar-refractivity contribution in [1.82, 2.24) is 9.80 Å². The zero-order valence-electron chi connectivity index (χ0n) is 10.8. The Balaban J connectivity index is 2.57. The summed E-state index contributed by atoms with van der Waals surface area (Å²) in [5, 5.41) is 0. The van der Waals surface area contributed by atoms with Crippen LogP contribution in [-0.2, 0) is 4.79 Å². The summed E-state index contributed by atoms with van der Waals surface area (Å²) in [6.07, 6.45) is -3.15. The minimum absolute atomic E-state index is 0.0254. The molecule has 1 atom stereocenters. The molecule has 1 saturated heterocycles. The van der Waals surface area contributed by atoms with Crippen molar-refractivity contribution in [1.29, 1.82) is 0 Å². The van der Waals surface area contributed by atoms with Crippen LogP contribution in [0.4, 0.5) is 17.6 Å². The number of piperazine rings is 1. The maximum Gasteiger partial charge on any atom is 0.383 e. The van der Waals surface area contributed by atoms with Gasteiger partial charge in [0.05, 0.1) is 0 Å². The molecule has 0 aromatic rings. The van der Waals surface area contributed by atoms with Gasteiger partial charge in [0.15, 0.2) is 0 Å². The summed E-state index contributed by atoms with van der Waals surface area (Å²) in [5.74, 6) is -6.39. The van der Waals surface area contributed by atoms with Gasteiger partial charge in [0.25, 0.3) is 5.91 Å². The van der Waals surface area contributed by atoms with Crippen molar-refractivity contribution in [3.63, 3.8) is 0 Å². The maximum absolute atomic E-state index is 12.9. The molecule has 0 aromatic heterocycles. The molecule has 1 fully saturated rings. The Kier molecular flexibility index (Phi) is 5.54. The molecular weight excluding hydrogens is 266 g/mol. The molecule has 1 heterocycles. The molecule has 1 amide bonds. The summed E-state index contributed by atoms with van der Waals surface area (Å²) in [6.45, 7) is 3.20. The first-order valence-corrected chi connectivity index (χ1v) is 6.24. The van der Waals surface area contributed by atoms with Gasteiger partial charge in [-0.3, -0.25) is 9.69 Å². The van der Waals surface area contributed by atoms with Crippen LogP contribution in [0.2, 0.25) is 0 Å². The predicted octanol–water partition coefficient (Wildman–Crippen LogP) is 0.768. The van der Waals surface area contributed by atoms with Crippen LogP contribution in [-0.4, -0.2) is 66.8 Å². The molecule has 0 radical (unpaired) electrons. The van der Waals surface area contributed by atoms with Crippen molar-refractivity contribution >= 4 is 5.91 Å². The van der Waals surface area contributed by atoms with Gasteiger partial charge in [0.1, 0.15) is 0 Å². The van der Waals surface area contributed by atoms with Crippen LogP contribution >= 0.6 is 0 Å². The lowest BCUT2D eigenvalue weighted by Crippen LogP contribution is -2.57. The van der Waals surface area contributed by atoms with Crippen molar-refractivity contribution in [3.05, 3.63) is 0 Å². The highest BCUT2D eigenvalue weighted by atomic mass is 19.3. The molecule has 0 bridgehead atoms. The van der Waals surface area contributed by atoms with E-state index >= 15 is 0 Å². The van der Waals surface area contributed by atoms with Crippen LogP contribution in [0.3, 0.4) is 0 Å². The Morgan fingerprint density at radius 2 is 1.79 bits per heavy atom. The van der Waals surface area contributed by atoms with E-state index in [0.717, 1.165) is 11.3 Å². The van der Waals surface area contributed by atoms with Crippen LogP contribution in [0.5, 0.6) is 0 Å². The quantitative estimate of drug-likeness (QED) is 0.759. The van der Waals surface area contributed by atoms with Crippen LogP contribution < -0.4 is 5.73 Å². The first-order chi connectivity index (χ1) is 8.84. The van der Waals surface area contributed by atoms with E-state index in [0.29, 0.717) is 19.6 Å². The number of carbonyl (C=O) groups excluding carboxylic acids is 1. The summed E-state index contributed by atoms with van der Waals surface area (Å²) >= 11 is 0. The molecule has 2 N–H and O–H groups in total. The number of hydrogen-bond donors (Lipinski definition) is 1. The SMILES string of the molecule is CCC(CN)N1CCN(C(=O)C(F)(F)C(F)F)CC1. The molecule has 0 spiro atoms. The zero-order chi connectivity index (χ0) is 14.6. The molecule has 1 rings (SSSR count). The fourth-order valence-electron chi connectivity index (χ4n) is 2.17. The van der Waals surface area contributed by atoms with Gasteiger partial charge in [-0.1, -0.05) is 6.92 Å². The standard InChI is InChI=1S/C11H19F4N3O/c1-2-8(7-16)17-3-5-18(6-4-17)10(19)11(14,15)9(12)13/h8-9H,2-7,16H2,1H3. The summed E-state index contributed by atoms with van der Waals surface area (Å²) in [4.78, 5) is 14.1. The second-order valence-electron chi connectivity index (χ2n) is 4.55. The average Bonchev–Trinajstić information content (AvgIpc) is 2.40. The molecule has 0 aromatic carbocycles. The Morgan fingerprint density at radius 1 is 1.26 bits per heavy atom. The van der Waals surface area contributed by atoms with Crippen LogP contribution in [0.15, 0.2) is 0 Å². The predicted molar refractivity (Wildman–Crippen MR) is 62.2 cm³/mol. The van der Waals surface area contributed by atoms with Crippen molar-refractivity contribution in [2.45, 2.75) is 31.7 Å². The zero-order valence-corrected chi connectivity index (χ0v) is 10.8. The highest BCUT2D eigenvalue weighted by Crippen LogP contribution is 2.26. The average molecular weight is 285 g/mol. The van der Waals surface area contributed by atoms with Gasteiger partial charge < -0.3 is 10.6 Å². The van der Waals surface area contributed by atoms with Gasteiger partial charge in [0.2, 0.25) is 0 Å². The largest absolute Gasteiger partial charge is 0.383 e. The second kappa shape index (κ2) is 6.51. The molecule has 1 aliphatic rings. The van der Waals surface area contributed by atoms with Gasteiger partial charge in [-0.25, -0.2) is 8.78 Å². The number of alkyl halides is 4. The van der Waals surface area contributed by atoms with Crippen molar-refractivity contribution in [2.75, 3.05) is 32.7 Å². The van der Waals surface area contributed by atoms with Crippen LogP contribution in [0.1, 0.15) is 13.3 Å². The lowest BCUT2D eigenvalue weighted by molar-refractivity contribution is -0.182. The molecular formula is C11H19F4N3O. The summed E-state index contributed by atoms with van der Waals surface area (Å²) in [5.41, 5.74) is 5.58. The molecule has 8 heteroatoms. The summed E-state index contributed by atoms with van der Waals surface area (Å²) in [7, 11) is 0. The van der Waals surface area contributed by atoms with E-state index in [1.165, 1.54) is 0 Å². The van der Waals surface area contributed by atoms with E-state index in [1.54, 1.807) is 0 Å². The monoisotopic (exact) mass is 285 g/mol. The first kappa shape index (κ1) is 16.2. The number of carbonyl (C=O) groups is 1. The normalized spacial score (nSPS) is 19.8. The first-order valence-electron chi connectivity index (χ1n) is 6.24. The third-order valence-electron chi connectivity index (χ3n) is 3.42. The Morgan fingerprint density at radius 3 is 2.16 bits per heavy atom. The van der Waals surface area contributed by atoms with Gasteiger partial charge >= 0.3 is 12.3 Å². The Bertz CT molecular complexity index is 302. The summed E-state index contributed by atoms with van der Waals surface area (Å²) < 4.78 is 50.1. The lowest BCUT2D eigenvalue weighted by atomic mass is 10.1. The van der Waals surface area contributed by atoms with E-state index in [2.05, 4.69) is 0 Å². The number of amides is 1. The molecule has 112 valence electrons. The lowest BCUT2D eigenvalue weighted by Gasteiger charge is -2.39. The van der Waals surface area contributed by atoms with Crippen LogP contribution in [0.25, 0.3) is 0 Å². The molecule has 0 saturated carbocycles. The third kappa shape index (κ3) is 3.56. The van der Waals surface area contributed by atoms with Gasteiger partial charge in [-0.15, -0.1) is 0 Å². The topological polar surface area (TPSA) is 49.6 Å². The second-order valence-corrected chi connectivity index (χ2v) is 4.55. The highest BCUT2D eigenvalue weighted by Gasteiger charge is 2.51. The number of halogens is 4. The molecule has 4 nitrogen and oxygen atoms in total. The van der Waals surface area contributed by atoms with E-state index in [9.17, 15) is 22.4 Å². The van der Waals surface area contributed by atoms with E-state index < -0.39 is 18.3 Å². The van der Waals surface area contributed by atoms with E-state index in [4.69, 9.17) is 5.73 Å². The van der Waals surface area contributed by atoms with E-state index in [1.807, 2.05) is 11.8 Å². The van der Waals surface area contributed by atoms with Gasteiger partial charge in [-0.05, 0) is 6.42 Å². The Labute approximate surface area is 109 Å². The Hall–Kier alpha value is -0.890. The van der Waals surface area contributed by atoms with Gasteiger partial charge in [0, 0.05) is 38.8 Å². The third-order valence-corrected chi connectivity index (χ3v) is 3.42. The highest BCUT2D eigenvalue weighted by molar-refractivity contribution is 5.84. The number of nitrogens with two attached hydrogens (primary N) is 1. The summed E-state index contributed by atoms with van der Waals surface area (Å²) in [6, 6.07) is 0.132. The van der Waals surface area contributed by atoms with E-state index in [-0.39, 0.29) is 19.1 Å². The maximum atomic E-state index is 12.9. The minimum atomic E-state index is -4.60. The van der Waals surface area contributed by atoms with Crippen LogP contribution in [0, 0.1) is 0 Å². The van der Waals surface area contributed by atoms with Crippen molar-refractivity contribution in [2.24, 2.45) is 5.73 Å². The molecule has 0 aliphatic carbocycles. The number of nitrogens with zero attached hydrogens (tertiary/aromatic N) is 2. The van der Waals surface area contributed by atoms with Crippen molar-refractivity contribution < 1.29 is 22.4 Å². The minimum Gasteiger partial charge on any atom is -0.335 e. The molecule has 1 aliphatic heterocycles. The van der Waals surface area contributed by atoms with Crippen molar-refractivity contribution in [3.8, 4) is 0 Å². The smallest absolute Gasteiger partial charge is 0.335 e.